The quantitative estimate of drug-likeness (QED) is 0.748. The fraction of sp³-hybridized carbons (Fsp3) is 1.00. The van der Waals surface area contributed by atoms with Crippen LogP contribution in [0.4, 0.5) is 0 Å². The van der Waals surface area contributed by atoms with Crippen LogP contribution in [0.5, 0.6) is 0 Å². The topological polar surface area (TPSA) is 29.5 Å². The van der Waals surface area contributed by atoms with Crippen LogP contribution in [0.15, 0.2) is 0 Å². The summed E-state index contributed by atoms with van der Waals surface area (Å²) in [5.41, 5.74) is 0. The summed E-state index contributed by atoms with van der Waals surface area (Å²) in [5.74, 6) is 1.04. The lowest BCUT2D eigenvalue weighted by Crippen LogP contribution is -2.18. The Bertz CT molecular complexity index is 109. The zero-order valence-electron chi connectivity index (χ0n) is 7.34. The van der Waals surface area contributed by atoms with E-state index in [4.69, 9.17) is 9.29 Å². The highest BCUT2D eigenvalue weighted by Gasteiger charge is 2.11. The molecule has 0 aliphatic rings. The number of halogens is 1. The van der Waals surface area contributed by atoms with Gasteiger partial charge in [-0.05, 0) is 18.3 Å². The van der Waals surface area contributed by atoms with Crippen molar-refractivity contribution in [1.82, 2.24) is 0 Å². The molecule has 0 bridgehead atoms. The van der Waals surface area contributed by atoms with Crippen molar-refractivity contribution in [2.24, 2.45) is 0 Å². The van der Waals surface area contributed by atoms with Gasteiger partial charge >= 0.3 is 0 Å². The van der Waals surface area contributed by atoms with E-state index in [9.17, 15) is 0 Å². The predicted molar refractivity (Wildman–Crippen MR) is 55.7 cm³/mol. The average molecular weight is 245 g/mol. The highest BCUT2D eigenvalue weighted by atomic mass is 79.9. The van der Waals surface area contributed by atoms with Crippen LogP contribution in [-0.4, -0.2) is 41.4 Å². The molecule has 0 fully saturated rings. The molecule has 0 aliphatic carbocycles. The van der Waals surface area contributed by atoms with Crippen molar-refractivity contribution in [3.8, 4) is 0 Å². The minimum atomic E-state index is -0.905. The molecule has 0 amide bonds. The maximum atomic E-state index is 9.16. The molecule has 1 atom stereocenters. The molecule has 0 spiro atoms. The Labute approximate surface area is 79.0 Å². The van der Waals surface area contributed by atoms with Crippen molar-refractivity contribution < 1.29 is 9.29 Å². The van der Waals surface area contributed by atoms with Gasteiger partial charge in [0.15, 0.2) is 0 Å². The Morgan fingerprint density at radius 1 is 1.55 bits per heavy atom. The van der Waals surface area contributed by atoms with Crippen molar-refractivity contribution in [1.29, 1.82) is 0 Å². The molecule has 11 heavy (non-hydrogen) atoms. The second-order valence-corrected chi connectivity index (χ2v) is 7.15. The third-order valence-electron chi connectivity index (χ3n) is 1.45. The van der Waals surface area contributed by atoms with Gasteiger partial charge in [-0.1, -0.05) is 22.9 Å². The summed E-state index contributed by atoms with van der Waals surface area (Å²) in [5, 5.41) is 9.75. The van der Waals surface area contributed by atoms with Crippen LogP contribution in [0, 0.1) is 0 Å². The normalized spacial score (nSPS) is 16.5. The molecule has 0 saturated carbocycles. The highest BCUT2D eigenvalue weighted by Crippen LogP contribution is 2.40. The van der Waals surface area contributed by atoms with Crippen LogP contribution < -0.4 is 0 Å². The summed E-state index contributed by atoms with van der Waals surface area (Å²) in [6, 6.07) is 0. The van der Waals surface area contributed by atoms with Crippen molar-refractivity contribution >= 4 is 26.2 Å². The van der Waals surface area contributed by atoms with Crippen molar-refractivity contribution in [2.45, 2.75) is 13.0 Å². The SMILES string of the molecule is CCS(C)(C)OCC(O)CBr. The predicted octanol–water partition coefficient (Wildman–Crippen LogP) is 1.76. The lowest BCUT2D eigenvalue weighted by molar-refractivity contribution is 0.137. The second-order valence-electron chi connectivity index (χ2n) is 2.82. The molecule has 4 heteroatoms. The van der Waals surface area contributed by atoms with E-state index in [0.717, 1.165) is 5.75 Å². The largest absolute Gasteiger partial charge is 0.390 e. The number of rotatable bonds is 5. The molecule has 0 rings (SSSR count). The van der Waals surface area contributed by atoms with Crippen LogP contribution in [-0.2, 0) is 4.18 Å². The maximum Gasteiger partial charge on any atom is 0.0882 e. The summed E-state index contributed by atoms with van der Waals surface area (Å²) >= 11 is 3.18. The first-order chi connectivity index (χ1) is 5.02. The van der Waals surface area contributed by atoms with E-state index in [-0.39, 0.29) is 6.10 Å². The van der Waals surface area contributed by atoms with Gasteiger partial charge in [0.25, 0.3) is 0 Å². The molecular formula is C7H17BrO2S. The van der Waals surface area contributed by atoms with E-state index in [0.29, 0.717) is 11.9 Å². The number of aliphatic hydroxyl groups excluding tert-OH is 1. The first-order valence-corrected chi connectivity index (χ1v) is 7.27. The highest BCUT2D eigenvalue weighted by molar-refractivity contribution is 9.09. The Hall–Kier alpha value is 0.750. The minimum absolute atomic E-state index is 0.367. The smallest absolute Gasteiger partial charge is 0.0882 e. The van der Waals surface area contributed by atoms with Crippen molar-refractivity contribution in [3.05, 3.63) is 0 Å². The molecule has 0 aromatic rings. The van der Waals surface area contributed by atoms with Gasteiger partial charge in [0.2, 0.25) is 0 Å². The molecule has 0 aliphatic heterocycles. The van der Waals surface area contributed by atoms with Gasteiger partial charge in [0.1, 0.15) is 0 Å². The molecule has 0 heterocycles. The first kappa shape index (κ1) is 11.8. The lowest BCUT2D eigenvalue weighted by atomic mass is 10.5. The zero-order valence-corrected chi connectivity index (χ0v) is 9.74. The summed E-state index contributed by atoms with van der Waals surface area (Å²) in [6.45, 7) is 2.55. The molecule has 0 saturated heterocycles. The van der Waals surface area contributed by atoms with Crippen LogP contribution in [0.25, 0.3) is 0 Å². The molecule has 1 N–H and O–H groups in total. The van der Waals surface area contributed by atoms with Crippen LogP contribution in [0.3, 0.4) is 0 Å². The minimum Gasteiger partial charge on any atom is -0.390 e. The molecule has 0 aromatic carbocycles. The van der Waals surface area contributed by atoms with Gasteiger partial charge in [-0.3, -0.25) is 0 Å². The third kappa shape index (κ3) is 5.96. The fourth-order valence-corrected chi connectivity index (χ4v) is 1.27. The lowest BCUT2D eigenvalue weighted by Gasteiger charge is -2.30. The molecular weight excluding hydrogens is 228 g/mol. The second kappa shape index (κ2) is 5.41. The van der Waals surface area contributed by atoms with Crippen LogP contribution in [0.1, 0.15) is 6.92 Å². The van der Waals surface area contributed by atoms with E-state index >= 15 is 0 Å². The average Bonchev–Trinajstić information content (AvgIpc) is 2.00. The monoisotopic (exact) mass is 244 g/mol. The summed E-state index contributed by atoms with van der Waals surface area (Å²) in [7, 11) is -0.905. The number of alkyl halides is 1. The Morgan fingerprint density at radius 3 is 2.45 bits per heavy atom. The molecule has 1 unspecified atom stereocenters. The fourth-order valence-electron chi connectivity index (χ4n) is 0.391. The van der Waals surface area contributed by atoms with E-state index in [1.165, 1.54) is 0 Å². The standard InChI is InChI=1S/C7H17BrO2S/c1-4-11(2,3)10-6-7(9)5-8/h7,9H,4-6H2,1-3H3. The van der Waals surface area contributed by atoms with Gasteiger partial charge in [0, 0.05) is 5.33 Å². The van der Waals surface area contributed by atoms with Crippen LogP contribution in [0.2, 0.25) is 0 Å². The third-order valence-corrected chi connectivity index (χ3v) is 4.36. The Balaban J connectivity index is 3.52. The van der Waals surface area contributed by atoms with Crippen LogP contribution >= 0.6 is 26.2 Å². The van der Waals surface area contributed by atoms with E-state index in [1.54, 1.807) is 0 Å². The zero-order chi connectivity index (χ0) is 8.91. The number of hydrogen-bond donors (Lipinski definition) is 1. The summed E-state index contributed by atoms with van der Waals surface area (Å²) < 4.78 is 5.53. The van der Waals surface area contributed by atoms with Crippen molar-refractivity contribution in [3.63, 3.8) is 0 Å². The van der Waals surface area contributed by atoms with E-state index < -0.39 is 10.3 Å². The molecule has 0 radical (unpaired) electrons. The Morgan fingerprint density at radius 2 is 2.09 bits per heavy atom. The molecule has 2 nitrogen and oxygen atoms in total. The van der Waals surface area contributed by atoms with Gasteiger partial charge in [-0.25, -0.2) is 0 Å². The molecule has 0 aromatic heterocycles. The number of aliphatic hydroxyl groups is 1. The van der Waals surface area contributed by atoms with E-state index in [2.05, 4.69) is 35.4 Å². The Kier molecular flexibility index (Phi) is 5.77. The van der Waals surface area contributed by atoms with Crippen molar-refractivity contribution in [2.75, 3.05) is 30.2 Å². The van der Waals surface area contributed by atoms with Gasteiger partial charge in [0.05, 0.1) is 12.7 Å². The number of hydrogen-bond acceptors (Lipinski definition) is 2. The van der Waals surface area contributed by atoms with Gasteiger partial charge in [-0.15, -0.1) is 10.3 Å². The van der Waals surface area contributed by atoms with E-state index in [1.807, 2.05) is 0 Å². The summed E-state index contributed by atoms with van der Waals surface area (Å²) in [6.07, 6.45) is 3.84. The van der Waals surface area contributed by atoms with Gasteiger partial charge < -0.3 is 9.29 Å². The first-order valence-electron chi connectivity index (χ1n) is 3.61. The maximum absolute atomic E-state index is 9.16. The molecule has 70 valence electrons. The van der Waals surface area contributed by atoms with Gasteiger partial charge in [-0.2, -0.15) is 0 Å². The summed E-state index contributed by atoms with van der Waals surface area (Å²) in [4.78, 5) is 0.